The number of benzene rings is 2. The number of carbonyl (C=O) groups excluding carboxylic acids is 3. The molecule has 4 rings (SSSR count). The van der Waals surface area contributed by atoms with Crippen molar-refractivity contribution in [2.45, 2.75) is 38.6 Å². The molecular formula is C22H22N2O4. The van der Waals surface area contributed by atoms with Gasteiger partial charge in [-0.05, 0) is 68.5 Å². The summed E-state index contributed by atoms with van der Waals surface area (Å²) in [5, 5.41) is 2.81. The van der Waals surface area contributed by atoms with E-state index in [9.17, 15) is 14.4 Å². The van der Waals surface area contributed by atoms with Crippen molar-refractivity contribution >= 4 is 29.2 Å². The average molecular weight is 378 g/mol. The summed E-state index contributed by atoms with van der Waals surface area (Å²) in [6, 6.07) is 12.6. The Kier molecular flexibility index (Phi) is 4.41. The van der Waals surface area contributed by atoms with E-state index >= 15 is 0 Å². The zero-order valence-electron chi connectivity index (χ0n) is 16.0. The van der Waals surface area contributed by atoms with Crippen LogP contribution in [0.3, 0.4) is 0 Å². The number of ether oxygens (including phenoxy) is 1. The predicted octanol–water partition coefficient (Wildman–Crippen LogP) is 3.10. The number of anilines is 2. The molecule has 0 atom stereocenters. The van der Waals surface area contributed by atoms with Crippen molar-refractivity contribution in [3.8, 4) is 0 Å². The van der Waals surface area contributed by atoms with Gasteiger partial charge in [-0.1, -0.05) is 18.2 Å². The third-order valence-electron chi connectivity index (χ3n) is 5.42. The van der Waals surface area contributed by atoms with Gasteiger partial charge in [-0.25, -0.2) is 4.79 Å². The van der Waals surface area contributed by atoms with Crippen LogP contribution >= 0.6 is 0 Å². The van der Waals surface area contributed by atoms with Gasteiger partial charge in [-0.15, -0.1) is 0 Å². The fourth-order valence-corrected chi connectivity index (χ4v) is 3.87. The zero-order valence-corrected chi connectivity index (χ0v) is 16.0. The summed E-state index contributed by atoms with van der Waals surface area (Å²) in [6.07, 6.45) is 3.09. The fourth-order valence-electron chi connectivity index (χ4n) is 3.87. The molecule has 2 aromatic rings. The Bertz CT molecular complexity index is 980. The minimum atomic E-state index is -1.09. The molecule has 0 saturated carbocycles. The van der Waals surface area contributed by atoms with Crippen molar-refractivity contribution in [1.29, 1.82) is 0 Å². The lowest BCUT2D eigenvalue weighted by Crippen LogP contribution is -2.59. The maximum Gasteiger partial charge on any atom is 0.338 e. The van der Waals surface area contributed by atoms with Gasteiger partial charge in [0.2, 0.25) is 5.91 Å². The average Bonchev–Trinajstić information content (AvgIpc) is 3.14. The van der Waals surface area contributed by atoms with E-state index in [0.717, 1.165) is 19.3 Å². The number of para-hydroxylation sites is 2. The van der Waals surface area contributed by atoms with E-state index in [1.807, 2.05) is 12.1 Å². The van der Waals surface area contributed by atoms with Crippen LogP contribution in [-0.2, 0) is 27.2 Å². The number of esters is 1. The van der Waals surface area contributed by atoms with E-state index in [4.69, 9.17) is 4.74 Å². The normalized spacial score (nSPS) is 16.8. The molecular weight excluding hydrogens is 356 g/mol. The van der Waals surface area contributed by atoms with Crippen LogP contribution in [0.1, 0.15) is 41.8 Å². The van der Waals surface area contributed by atoms with Gasteiger partial charge < -0.3 is 10.1 Å². The molecule has 0 saturated heterocycles. The molecule has 1 aliphatic carbocycles. The number of rotatable bonds is 3. The molecule has 28 heavy (non-hydrogen) atoms. The van der Waals surface area contributed by atoms with Gasteiger partial charge in [0.15, 0.2) is 6.61 Å². The lowest BCUT2D eigenvalue weighted by atomic mass is 9.96. The molecule has 0 bridgehead atoms. The summed E-state index contributed by atoms with van der Waals surface area (Å²) in [5.41, 5.74) is 2.94. The van der Waals surface area contributed by atoms with Gasteiger partial charge in [0.05, 0.1) is 16.9 Å². The highest BCUT2D eigenvalue weighted by Crippen LogP contribution is 2.36. The largest absolute Gasteiger partial charge is 0.452 e. The Labute approximate surface area is 163 Å². The van der Waals surface area contributed by atoms with Crippen molar-refractivity contribution in [2.75, 3.05) is 16.8 Å². The third-order valence-corrected chi connectivity index (χ3v) is 5.42. The number of carbonyl (C=O) groups is 3. The van der Waals surface area contributed by atoms with Crippen molar-refractivity contribution < 1.29 is 19.1 Å². The summed E-state index contributed by atoms with van der Waals surface area (Å²) < 4.78 is 5.28. The number of hydrogen-bond acceptors (Lipinski definition) is 4. The van der Waals surface area contributed by atoms with E-state index in [1.54, 1.807) is 44.2 Å². The van der Waals surface area contributed by atoms with E-state index < -0.39 is 24.0 Å². The summed E-state index contributed by atoms with van der Waals surface area (Å²) in [6.45, 7) is 2.90. The van der Waals surface area contributed by atoms with Crippen LogP contribution in [0.2, 0.25) is 0 Å². The maximum absolute atomic E-state index is 12.9. The van der Waals surface area contributed by atoms with Gasteiger partial charge >= 0.3 is 5.97 Å². The molecule has 2 aliphatic rings. The quantitative estimate of drug-likeness (QED) is 0.833. The number of fused-ring (bicyclic) bond motifs is 2. The van der Waals surface area contributed by atoms with Crippen molar-refractivity contribution in [1.82, 2.24) is 0 Å². The number of amides is 2. The summed E-state index contributed by atoms with van der Waals surface area (Å²) >= 11 is 0. The first-order chi connectivity index (χ1) is 13.4. The van der Waals surface area contributed by atoms with E-state index in [-0.39, 0.29) is 5.91 Å². The van der Waals surface area contributed by atoms with Gasteiger partial charge in [0, 0.05) is 0 Å². The van der Waals surface area contributed by atoms with Crippen LogP contribution < -0.4 is 10.2 Å². The summed E-state index contributed by atoms with van der Waals surface area (Å²) in [4.78, 5) is 39.2. The number of hydrogen-bond donors (Lipinski definition) is 1. The SMILES string of the molecule is CC1(C)C(=O)Nc2ccccc2N1C(=O)COC(=O)c1ccc2c(c1)CCC2. The maximum atomic E-state index is 12.9. The Morgan fingerprint density at radius 1 is 1.11 bits per heavy atom. The second-order valence-corrected chi connectivity index (χ2v) is 7.67. The molecule has 0 radical (unpaired) electrons. The summed E-state index contributed by atoms with van der Waals surface area (Å²) in [5.74, 6) is -1.26. The molecule has 144 valence electrons. The molecule has 0 unspecified atom stereocenters. The molecule has 6 nitrogen and oxygen atoms in total. The molecule has 1 aliphatic heterocycles. The number of aryl methyl sites for hydroxylation is 2. The first kappa shape index (κ1) is 18.2. The van der Waals surface area contributed by atoms with Crippen LogP contribution in [0.4, 0.5) is 11.4 Å². The fraction of sp³-hybridized carbons (Fsp3) is 0.318. The monoisotopic (exact) mass is 378 g/mol. The molecule has 0 fully saturated rings. The molecule has 0 aromatic heterocycles. The van der Waals surface area contributed by atoms with Crippen molar-refractivity contribution in [3.63, 3.8) is 0 Å². The summed E-state index contributed by atoms with van der Waals surface area (Å²) in [7, 11) is 0. The Hall–Kier alpha value is -3.15. The highest BCUT2D eigenvalue weighted by atomic mass is 16.5. The van der Waals surface area contributed by atoms with Crippen molar-refractivity contribution in [2.24, 2.45) is 0 Å². The minimum Gasteiger partial charge on any atom is -0.452 e. The number of nitrogens with one attached hydrogen (secondary N) is 1. The Morgan fingerprint density at radius 2 is 1.86 bits per heavy atom. The third kappa shape index (κ3) is 3.05. The molecule has 2 amide bonds. The van der Waals surface area contributed by atoms with Gasteiger partial charge in [-0.2, -0.15) is 0 Å². The second-order valence-electron chi connectivity index (χ2n) is 7.67. The molecule has 2 aromatic carbocycles. The van der Waals surface area contributed by atoms with Crippen LogP contribution in [-0.4, -0.2) is 29.9 Å². The minimum absolute atomic E-state index is 0.288. The first-order valence-electron chi connectivity index (χ1n) is 9.40. The highest BCUT2D eigenvalue weighted by Gasteiger charge is 2.43. The second kappa shape index (κ2) is 6.78. The van der Waals surface area contributed by atoms with Gasteiger partial charge in [0.1, 0.15) is 5.54 Å². The number of nitrogens with zero attached hydrogens (tertiary/aromatic N) is 1. The standard InChI is InChI=1S/C22H22N2O4/c1-22(2)21(27)23-17-8-3-4-9-18(17)24(22)19(25)13-28-20(26)16-11-10-14-6-5-7-15(14)12-16/h3-4,8-12H,5-7,13H2,1-2H3,(H,23,27). The van der Waals surface area contributed by atoms with E-state index in [1.165, 1.54) is 16.0 Å². The highest BCUT2D eigenvalue weighted by molar-refractivity contribution is 6.14. The van der Waals surface area contributed by atoms with E-state index in [0.29, 0.717) is 16.9 Å². The molecule has 6 heteroatoms. The van der Waals surface area contributed by atoms with Crippen LogP contribution in [0.15, 0.2) is 42.5 Å². The van der Waals surface area contributed by atoms with Gasteiger partial charge in [-0.3, -0.25) is 14.5 Å². The van der Waals surface area contributed by atoms with Crippen molar-refractivity contribution in [3.05, 3.63) is 59.2 Å². The van der Waals surface area contributed by atoms with Crippen LogP contribution in [0.5, 0.6) is 0 Å². The van der Waals surface area contributed by atoms with Gasteiger partial charge in [0.25, 0.3) is 5.91 Å². The van der Waals surface area contributed by atoms with E-state index in [2.05, 4.69) is 5.32 Å². The Balaban J connectivity index is 1.51. The first-order valence-corrected chi connectivity index (χ1v) is 9.40. The smallest absolute Gasteiger partial charge is 0.338 e. The molecule has 0 spiro atoms. The zero-order chi connectivity index (χ0) is 19.9. The Morgan fingerprint density at radius 3 is 2.68 bits per heavy atom. The topological polar surface area (TPSA) is 75.7 Å². The van der Waals surface area contributed by atoms with Crippen LogP contribution in [0, 0.1) is 0 Å². The lowest BCUT2D eigenvalue weighted by Gasteiger charge is -2.41. The molecule has 1 N–H and O–H groups in total. The predicted molar refractivity (Wildman–Crippen MR) is 105 cm³/mol. The molecule has 1 heterocycles. The van der Waals surface area contributed by atoms with Crippen LogP contribution in [0.25, 0.3) is 0 Å². The lowest BCUT2D eigenvalue weighted by molar-refractivity contribution is -0.128.